The molecule has 0 saturated carbocycles. The van der Waals surface area contributed by atoms with Crippen LogP contribution in [0.25, 0.3) is 10.4 Å². The van der Waals surface area contributed by atoms with Gasteiger partial charge in [0.05, 0.1) is 10.7 Å². The number of sulfonamides is 1. The summed E-state index contributed by atoms with van der Waals surface area (Å²) in [5, 5.41) is 9.67. The van der Waals surface area contributed by atoms with Gasteiger partial charge in [0.1, 0.15) is 9.77 Å². The fourth-order valence-corrected chi connectivity index (χ4v) is 4.81. The number of carboxylic acid groups (broad SMARTS) is 1. The molecule has 1 aromatic heterocycles. The molecule has 2 aromatic carbocycles. The maximum absolute atomic E-state index is 12.7. The molecule has 3 rings (SSSR count). The number of nitrogens with one attached hydrogen (secondary N) is 1. The number of carboxylic acids is 1. The Morgan fingerprint density at radius 1 is 1.19 bits per heavy atom. The summed E-state index contributed by atoms with van der Waals surface area (Å²) in [7, 11) is -4.04. The molecular formula is C18H12ClNO4S2. The van der Waals surface area contributed by atoms with Crippen molar-refractivity contribution < 1.29 is 18.3 Å². The van der Waals surface area contributed by atoms with Crippen molar-refractivity contribution in [2.45, 2.75) is 11.8 Å². The highest BCUT2D eigenvalue weighted by atomic mass is 35.5. The normalized spacial score (nSPS) is 11.0. The van der Waals surface area contributed by atoms with Gasteiger partial charge >= 0.3 is 5.97 Å². The zero-order chi connectivity index (χ0) is 18.9. The predicted octanol–water partition coefficient (Wildman–Crippen LogP) is 4.48. The maximum atomic E-state index is 12.7. The SMILES string of the molecule is Cc1cc(Cl)c#cc1S(=O)(=O)Nc1cc(-c2ccccc2)sc1C(=O)O. The first-order valence-corrected chi connectivity index (χ1v) is 10.0. The molecule has 132 valence electrons. The van der Waals surface area contributed by atoms with E-state index in [0.717, 1.165) is 16.9 Å². The number of benzene rings is 1. The quantitative estimate of drug-likeness (QED) is 0.655. The first-order chi connectivity index (χ1) is 12.3. The van der Waals surface area contributed by atoms with Gasteiger partial charge in [0.15, 0.2) is 0 Å². The largest absolute Gasteiger partial charge is 0.477 e. The zero-order valence-electron chi connectivity index (χ0n) is 13.4. The lowest BCUT2D eigenvalue weighted by molar-refractivity contribution is 0.0703. The van der Waals surface area contributed by atoms with E-state index in [2.05, 4.69) is 16.9 Å². The molecular weight excluding hydrogens is 394 g/mol. The minimum Gasteiger partial charge on any atom is -0.477 e. The van der Waals surface area contributed by atoms with Crippen molar-refractivity contribution in [1.82, 2.24) is 0 Å². The predicted molar refractivity (Wildman–Crippen MR) is 101 cm³/mol. The molecule has 0 spiro atoms. The topological polar surface area (TPSA) is 83.5 Å². The third kappa shape index (κ3) is 3.68. The molecule has 3 aromatic rings. The summed E-state index contributed by atoms with van der Waals surface area (Å²) < 4.78 is 27.7. The molecule has 0 aliphatic rings. The van der Waals surface area contributed by atoms with Gasteiger partial charge in [0.2, 0.25) is 0 Å². The average molecular weight is 406 g/mol. The third-order valence-corrected chi connectivity index (χ3v) is 6.32. The van der Waals surface area contributed by atoms with Crippen LogP contribution in [-0.2, 0) is 10.0 Å². The Morgan fingerprint density at radius 3 is 2.50 bits per heavy atom. The van der Waals surface area contributed by atoms with Crippen molar-refractivity contribution in [1.29, 1.82) is 0 Å². The second-order valence-electron chi connectivity index (χ2n) is 5.38. The molecule has 0 unspecified atom stereocenters. The minimum atomic E-state index is -4.04. The van der Waals surface area contributed by atoms with Crippen LogP contribution in [0.1, 0.15) is 15.2 Å². The van der Waals surface area contributed by atoms with E-state index >= 15 is 0 Å². The number of rotatable bonds is 5. The van der Waals surface area contributed by atoms with Crippen molar-refractivity contribution >= 4 is 44.6 Å². The standard InChI is InChI=1S/C18H12ClNO4S2/c1-11-9-13(19)7-8-16(11)26(23,24)20-14-10-15(25-17(14)18(21)22)12-5-3-2-4-6-12/h2-6,9-10,20H,1H3,(H,21,22). The van der Waals surface area contributed by atoms with Crippen LogP contribution in [0.15, 0.2) is 47.4 Å². The van der Waals surface area contributed by atoms with Crippen LogP contribution in [0.2, 0.25) is 5.02 Å². The molecule has 1 heterocycles. The third-order valence-electron chi connectivity index (χ3n) is 3.49. The molecule has 0 atom stereocenters. The van der Waals surface area contributed by atoms with E-state index in [1.807, 2.05) is 30.3 Å². The van der Waals surface area contributed by atoms with Gasteiger partial charge in [0, 0.05) is 4.88 Å². The Morgan fingerprint density at radius 2 is 1.88 bits per heavy atom. The van der Waals surface area contributed by atoms with Gasteiger partial charge < -0.3 is 5.11 Å². The summed E-state index contributed by atoms with van der Waals surface area (Å²) >= 11 is 6.78. The van der Waals surface area contributed by atoms with E-state index in [1.165, 1.54) is 12.1 Å². The molecule has 0 fully saturated rings. The number of hydrogen-bond acceptors (Lipinski definition) is 4. The second-order valence-corrected chi connectivity index (χ2v) is 8.46. The number of aromatic carboxylic acids is 1. The number of aryl methyl sites for hydroxylation is 1. The van der Waals surface area contributed by atoms with Gasteiger partial charge in [-0.2, -0.15) is 0 Å². The summed E-state index contributed by atoms with van der Waals surface area (Å²) in [6.07, 6.45) is 0. The molecule has 2 N–H and O–H groups in total. The lowest BCUT2D eigenvalue weighted by Gasteiger charge is -2.08. The van der Waals surface area contributed by atoms with E-state index in [4.69, 9.17) is 11.6 Å². The number of anilines is 1. The van der Waals surface area contributed by atoms with Crippen molar-refractivity contribution in [2.75, 3.05) is 4.72 Å². The van der Waals surface area contributed by atoms with E-state index in [-0.39, 0.29) is 20.5 Å². The zero-order valence-corrected chi connectivity index (χ0v) is 15.8. The summed E-state index contributed by atoms with van der Waals surface area (Å²) in [6, 6.07) is 17.1. The molecule has 0 radical (unpaired) electrons. The highest BCUT2D eigenvalue weighted by molar-refractivity contribution is 7.92. The number of hydrogen-bond donors (Lipinski definition) is 2. The number of thiophene rings is 1. The van der Waals surface area contributed by atoms with E-state index in [9.17, 15) is 18.3 Å². The first kappa shape index (κ1) is 18.3. The Kier molecular flexibility index (Phi) is 4.92. The molecule has 0 aliphatic carbocycles. The average Bonchev–Trinajstić information content (AvgIpc) is 2.98. The van der Waals surface area contributed by atoms with Gasteiger partial charge in [-0.15, -0.1) is 11.3 Å². The summed E-state index contributed by atoms with van der Waals surface area (Å²) in [4.78, 5) is 12.0. The summed E-state index contributed by atoms with van der Waals surface area (Å²) in [5.74, 6) is -1.21. The lowest BCUT2D eigenvalue weighted by Crippen LogP contribution is -2.15. The monoisotopic (exact) mass is 405 g/mol. The van der Waals surface area contributed by atoms with Gasteiger partial charge in [-0.05, 0) is 42.3 Å². The molecule has 0 amide bonds. The van der Waals surface area contributed by atoms with Crippen LogP contribution in [0.4, 0.5) is 5.69 Å². The molecule has 0 aliphatic heterocycles. The van der Waals surface area contributed by atoms with Crippen molar-refractivity contribution in [2.24, 2.45) is 0 Å². The van der Waals surface area contributed by atoms with Gasteiger partial charge in [-0.1, -0.05) is 41.9 Å². The Labute approximate surface area is 159 Å². The Hall–Kier alpha value is -2.53. The van der Waals surface area contributed by atoms with Crippen molar-refractivity contribution in [3.63, 3.8) is 0 Å². The lowest BCUT2D eigenvalue weighted by atomic mass is 10.2. The van der Waals surface area contributed by atoms with Gasteiger partial charge in [0.25, 0.3) is 10.0 Å². The van der Waals surface area contributed by atoms with Gasteiger partial charge in [-0.25, -0.2) is 13.2 Å². The van der Waals surface area contributed by atoms with Crippen LogP contribution in [0.3, 0.4) is 0 Å². The first-order valence-electron chi connectivity index (χ1n) is 7.33. The van der Waals surface area contributed by atoms with E-state index in [0.29, 0.717) is 10.4 Å². The second kappa shape index (κ2) is 7.00. The van der Waals surface area contributed by atoms with Crippen molar-refractivity contribution in [3.05, 3.63) is 70.1 Å². The molecule has 8 heteroatoms. The molecule has 0 saturated heterocycles. The van der Waals surface area contributed by atoms with Crippen LogP contribution >= 0.6 is 22.9 Å². The van der Waals surface area contributed by atoms with Crippen molar-refractivity contribution in [3.8, 4) is 10.4 Å². The van der Waals surface area contributed by atoms with Crippen LogP contribution < -0.4 is 4.72 Å². The minimum absolute atomic E-state index is 0.00380. The summed E-state index contributed by atoms with van der Waals surface area (Å²) in [6.45, 7) is 1.58. The van der Waals surface area contributed by atoms with Crippen LogP contribution in [-0.4, -0.2) is 19.5 Å². The van der Waals surface area contributed by atoms with Gasteiger partial charge in [-0.3, -0.25) is 4.72 Å². The number of carbonyl (C=O) groups is 1. The molecule has 26 heavy (non-hydrogen) atoms. The summed E-state index contributed by atoms with van der Waals surface area (Å²) in [5.41, 5.74) is 1.19. The highest BCUT2D eigenvalue weighted by Crippen LogP contribution is 2.36. The highest BCUT2D eigenvalue weighted by Gasteiger charge is 2.23. The molecule has 0 bridgehead atoms. The van der Waals surface area contributed by atoms with Crippen LogP contribution in [0.5, 0.6) is 0 Å². The maximum Gasteiger partial charge on any atom is 0.348 e. The fourth-order valence-electron chi connectivity index (χ4n) is 2.35. The molecule has 5 nitrogen and oxygen atoms in total. The Balaban J connectivity index is 2.03. The number of halogens is 1. The van der Waals surface area contributed by atoms with E-state index < -0.39 is 16.0 Å². The smallest absolute Gasteiger partial charge is 0.348 e. The van der Waals surface area contributed by atoms with E-state index in [1.54, 1.807) is 6.92 Å². The Bertz CT molecular complexity index is 1080. The fraction of sp³-hybridized carbons (Fsp3) is 0.0556. The van der Waals surface area contributed by atoms with Crippen LogP contribution in [0, 0.1) is 19.1 Å².